The van der Waals surface area contributed by atoms with Crippen molar-refractivity contribution >= 4 is 0 Å². The SMILES string of the molecule is C=C/C=C1/CN([C@H](c2ccccc2)[C@@H](c2ccccc2)N2Cc3ccccc3C2)CC1=C. The van der Waals surface area contributed by atoms with Crippen molar-refractivity contribution in [2.24, 2.45) is 0 Å². The first-order valence-corrected chi connectivity index (χ1v) is 11.4. The Morgan fingerprint density at radius 1 is 0.625 bits per heavy atom. The van der Waals surface area contributed by atoms with Gasteiger partial charge in [0.25, 0.3) is 0 Å². The smallest absolute Gasteiger partial charge is 0.0552 e. The van der Waals surface area contributed by atoms with Crippen LogP contribution in [-0.4, -0.2) is 22.9 Å². The van der Waals surface area contributed by atoms with Gasteiger partial charge in [-0.2, -0.15) is 0 Å². The normalized spacial score (nSPS) is 19.8. The first-order chi connectivity index (χ1) is 15.7. The van der Waals surface area contributed by atoms with Gasteiger partial charge in [-0.1, -0.05) is 110 Å². The molecule has 0 spiro atoms. The first kappa shape index (κ1) is 20.7. The molecule has 0 saturated carbocycles. The Morgan fingerprint density at radius 3 is 1.59 bits per heavy atom. The van der Waals surface area contributed by atoms with Gasteiger partial charge in [0.15, 0.2) is 0 Å². The largest absolute Gasteiger partial charge is 0.286 e. The Kier molecular flexibility index (Phi) is 5.89. The van der Waals surface area contributed by atoms with Crippen LogP contribution in [0, 0.1) is 0 Å². The van der Waals surface area contributed by atoms with Gasteiger partial charge in [0.2, 0.25) is 0 Å². The fourth-order valence-corrected chi connectivity index (χ4v) is 5.28. The maximum absolute atomic E-state index is 4.37. The third-order valence-corrected chi connectivity index (χ3v) is 6.77. The molecule has 2 nitrogen and oxygen atoms in total. The van der Waals surface area contributed by atoms with Crippen molar-refractivity contribution in [1.82, 2.24) is 9.80 Å². The second-order valence-electron chi connectivity index (χ2n) is 8.82. The molecule has 2 aliphatic rings. The summed E-state index contributed by atoms with van der Waals surface area (Å²) >= 11 is 0. The highest BCUT2D eigenvalue weighted by atomic mass is 15.3. The lowest BCUT2D eigenvalue weighted by atomic mass is 9.91. The highest BCUT2D eigenvalue weighted by Gasteiger charge is 2.39. The Morgan fingerprint density at radius 2 is 1.09 bits per heavy atom. The van der Waals surface area contributed by atoms with E-state index in [9.17, 15) is 0 Å². The maximum Gasteiger partial charge on any atom is 0.0552 e. The summed E-state index contributed by atoms with van der Waals surface area (Å²) in [6, 6.07) is 31.3. The van der Waals surface area contributed by atoms with E-state index in [1.54, 1.807) is 0 Å². The lowest BCUT2D eigenvalue weighted by Crippen LogP contribution is -2.38. The van der Waals surface area contributed by atoms with Crippen LogP contribution < -0.4 is 0 Å². The van der Waals surface area contributed by atoms with Gasteiger partial charge in [-0.25, -0.2) is 0 Å². The van der Waals surface area contributed by atoms with Crippen molar-refractivity contribution < 1.29 is 0 Å². The minimum absolute atomic E-state index is 0.223. The molecule has 0 aromatic heterocycles. The molecule has 3 aromatic carbocycles. The number of hydrogen-bond acceptors (Lipinski definition) is 2. The first-order valence-electron chi connectivity index (χ1n) is 11.4. The molecule has 2 heteroatoms. The predicted octanol–water partition coefficient (Wildman–Crippen LogP) is 6.47. The second-order valence-corrected chi connectivity index (χ2v) is 8.82. The molecule has 0 amide bonds. The zero-order chi connectivity index (χ0) is 21.9. The summed E-state index contributed by atoms with van der Waals surface area (Å²) in [7, 11) is 0. The molecule has 2 atom stereocenters. The Labute approximate surface area is 191 Å². The Balaban J connectivity index is 1.60. The van der Waals surface area contributed by atoms with Gasteiger partial charge in [0.05, 0.1) is 12.1 Å². The second kappa shape index (κ2) is 9.12. The van der Waals surface area contributed by atoms with E-state index >= 15 is 0 Å². The molecule has 3 aromatic rings. The van der Waals surface area contributed by atoms with Crippen LogP contribution in [0.2, 0.25) is 0 Å². The molecule has 1 saturated heterocycles. The van der Waals surface area contributed by atoms with Gasteiger partial charge in [-0.05, 0) is 33.4 Å². The Bertz CT molecular complexity index is 1100. The number of hydrogen-bond donors (Lipinski definition) is 0. The van der Waals surface area contributed by atoms with Crippen molar-refractivity contribution in [1.29, 1.82) is 0 Å². The van der Waals surface area contributed by atoms with E-state index in [2.05, 4.69) is 114 Å². The summed E-state index contributed by atoms with van der Waals surface area (Å²) in [6.07, 6.45) is 4.00. The van der Waals surface area contributed by atoms with Crippen molar-refractivity contribution in [2.45, 2.75) is 25.2 Å². The van der Waals surface area contributed by atoms with E-state index in [4.69, 9.17) is 0 Å². The Hall–Kier alpha value is -3.20. The molecule has 2 aliphatic heterocycles. The van der Waals surface area contributed by atoms with E-state index in [-0.39, 0.29) is 12.1 Å². The molecule has 5 rings (SSSR count). The molecule has 1 fully saturated rings. The zero-order valence-electron chi connectivity index (χ0n) is 18.5. The van der Waals surface area contributed by atoms with Crippen LogP contribution in [0.25, 0.3) is 0 Å². The maximum atomic E-state index is 4.37. The molecule has 0 unspecified atom stereocenters. The fourth-order valence-electron chi connectivity index (χ4n) is 5.28. The monoisotopic (exact) mass is 418 g/mol. The van der Waals surface area contributed by atoms with Gasteiger partial charge in [-0.15, -0.1) is 0 Å². The predicted molar refractivity (Wildman–Crippen MR) is 133 cm³/mol. The van der Waals surface area contributed by atoms with E-state index in [1.165, 1.54) is 33.4 Å². The molecule has 0 N–H and O–H groups in total. The molecule has 0 aliphatic carbocycles. The quantitative estimate of drug-likeness (QED) is 0.453. The van der Waals surface area contributed by atoms with Gasteiger partial charge >= 0.3 is 0 Å². The number of likely N-dealkylation sites (tertiary alicyclic amines) is 1. The summed E-state index contributed by atoms with van der Waals surface area (Å²) in [6.45, 7) is 12.0. The third-order valence-electron chi connectivity index (χ3n) is 6.77. The average Bonchev–Trinajstić information content (AvgIpc) is 3.42. The number of benzene rings is 3. The molecule has 0 bridgehead atoms. The summed E-state index contributed by atoms with van der Waals surface area (Å²) in [4.78, 5) is 5.24. The van der Waals surface area contributed by atoms with Crippen LogP contribution in [-0.2, 0) is 13.1 Å². The van der Waals surface area contributed by atoms with Gasteiger partial charge in [0, 0.05) is 26.2 Å². The molecular formula is C30H30N2. The topological polar surface area (TPSA) is 6.48 Å². The lowest BCUT2D eigenvalue weighted by molar-refractivity contribution is 0.0921. The van der Waals surface area contributed by atoms with E-state index in [1.807, 2.05) is 6.08 Å². The lowest BCUT2D eigenvalue weighted by Gasteiger charge is -2.40. The summed E-state index contributed by atoms with van der Waals surface area (Å²) in [5, 5.41) is 0. The number of nitrogens with zero attached hydrogens (tertiary/aromatic N) is 2. The van der Waals surface area contributed by atoms with Crippen LogP contribution in [0.15, 0.2) is 121 Å². The van der Waals surface area contributed by atoms with Crippen LogP contribution in [0.3, 0.4) is 0 Å². The molecule has 0 radical (unpaired) electrons. The van der Waals surface area contributed by atoms with E-state index < -0.39 is 0 Å². The van der Waals surface area contributed by atoms with E-state index in [0.717, 1.165) is 26.2 Å². The van der Waals surface area contributed by atoms with Crippen molar-refractivity contribution in [3.05, 3.63) is 144 Å². The zero-order valence-corrected chi connectivity index (χ0v) is 18.5. The average molecular weight is 419 g/mol. The third kappa shape index (κ3) is 4.00. The fraction of sp³-hybridized carbons (Fsp3) is 0.200. The minimum Gasteiger partial charge on any atom is -0.286 e. The summed E-state index contributed by atoms with van der Waals surface area (Å²) < 4.78 is 0. The molecular weight excluding hydrogens is 388 g/mol. The van der Waals surface area contributed by atoms with Crippen molar-refractivity contribution in [3.63, 3.8) is 0 Å². The summed E-state index contributed by atoms with van der Waals surface area (Å²) in [5.41, 5.74) is 8.09. The number of rotatable bonds is 6. The van der Waals surface area contributed by atoms with E-state index in [0.29, 0.717) is 0 Å². The van der Waals surface area contributed by atoms with Gasteiger partial charge in [0.1, 0.15) is 0 Å². The molecule has 32 heavy (non-hydrogen) atoms. The minimum atomic E-state index is 0.223. The molecule has 2 heterocycles. The summed E-state index contributed by atoms with van der Waals surface area (Å²) in [5.74, 6) is 0. The van der Waals surface area contributed by atoms with Crippen molar-refractivity contribution in [3.8, 4) is 0 Å². The van der Waals surface area contributed by atoms with Crippen molar-refractivity contribution in [2.75, 3.05) is 13.1 Å². The van der Waals surface area contributed by atoms with Gasteiger partial charge < -0.3 is 0 Å². The molecule has 160 valence electrons. The standard InChI is InChI=1S/C30H30N2/c1-3-12-26-20-31(19-23(26)2)29(24-13-6-4-7-14-24)30(25-15-8-5-9-16-25)32-21-27-17-10-11-18-28(27)22-32/h3-18,29-30H,1-2,19-22H2/b26-12-/t29-,30-/m1/s1. The van der Waals surface area contributed by atoms with Crippen LogP contribution >= 0.6 is 0 Å². The highest BCUT2D eigenvalue weighted by molar-refractivity contribution is 5.40. The number of allylic oxidation sites excluding steroid dienone is 2. The number of fused-ring (bicyclic) bond motifs is 1. The van der Waals surface area contributed by atoms with Crippen LogP contribution in [0.4, 0.5) is 0 Å². The van der Waals surface area contributed by atoms with Gasteiger partial charge in [-0.3, -0.25) is 9.80 Å². The van der Waals surface area contributed by atoms with Crippen LogP contribution in [0.1, 0.15) is 34.3 Å². The van der Waals surface area contributed by atoms with Crippen LogP contribution in [0.5, 0.6) is 0 Å². The highest BCUT2D eigenvalue weighted by Crippen LogP contribution is 2.44.